The summed E-state index contributed by atoms with van der Waals surface area (Å²) in [6.07, 6.45) is 1.14. The predicted molar refractivity (Wildman–Crippen MR) is 93.1 cm³/mol. The third kappa shape index (κ3) is 3.42. The summed E-state index contributed by atoms with van der Waals surface area (Å²) >= 11 is 0. The highest BCUT2D eigenvalue weighted by molar-refractivity contribution is 5.86. The van der Waals surface area contributed by atoms with E-state index in [1.165, 1.54) is 0 Å². The number of nitrogens with one attached hydrogen (secondary N) is 1. The van der Waals surface area contributed by atoms with E-state index in [2.05, 4.69) is 23.3 Å². The number of para-hydroxylation sites is 1. The highest BCUT2D eigenvalue weighted by atomic mass is 16.5. The number of carbonyl (C=O) groups excluding carboxylic acids is 1. The Kier molecular flexibility index (Phi) is 5.11. The first-order chi connectivity index (χ1) is 11.6. The Hall–Kier alpha value is -1.98. The summed E-state index contributed by atoms with van der Waals surface area (Å²) in [4.78, 5) is 17.2. The Morgan fingerprint density at radius 3 is 2.96 bits per heavy atom. The third-order valence-electron chi connectivity index (χ3n) is 4.76. The fourth-order valence-corrected chi connectivity index (χ4v) is 3.38. The lowest BCUT2D eigenvalue weighted by molar-refractivity contribution is -0.124. The summed E-state index contributed by atoms with van der Waals surface area (Å²) in [6.45, 7) is 5.20. The standard InChI is InChI=1S/C19H24N2O3/c1-12-14-6-4-5-7-16(14)20-13(2)15(12)10-19(22)21-17-11-24-9-8-18(17)23-3/h4-7,17-18H,8-11H2,1-3H3,(H,21,22)/t17-,18-/m1/s1. The molecular weight excluding hydrogens is 304 g/mol. The quantitative estimate of drug-likeness (QED) is 0.936. The number of aryl methyl sites for hydroxylation is 2. The molecule has 0 bridgehead atoms. The molecule has 1 fully saturated rings. The normalized spacial score (nSPS) is 21.0. The van der Waals surface area contributed by atoms with E-state index in [9.17, 15) is 4.79 Å². The Morgan fingerprint density at radius 1 is 1.38 bits per heavy atom. The molecule has 24 heavy (non-hydrogen) atoms. The van der Waals surface area contributed by atoms with E-state index in [1.807, 2.05) is 25.1 Å². The number of pyridine rings is 1. The van der Waals surface area contributed by atoms with Gasteiger partial charge < -0.3 is 14.8 Å². The van der Waals surface area contributed by atoms with Crippen molar-refractivity contribution in [1.82, 2.24) is 10.3 Å². The number of fused-ring (bicyclic) bond motifs is 1. The van der Waals surface area contributed by atoms with Gasteiger partial charge in [-0.05, 0) is 37.5 Å². The lowest BCUT2D eigenvalue weighted by Crippen LogP contribution is -2.50. The number of ether oxygens (including phenoxy) is 2. The van der Waals surface area contributed by atoms with Crippen molar-refractivity contribution >= 4 is 16.8 Å². The Labute approximate surface area is 142 Å². The summed E-state index contributed by atoms with van der Waals surface area (Å²) in [7, 11) is 1.68. The Balaban J connectivity index is 1.78. The molecule has 0 spiro atoms. The molecule has 1 amide bonds. The molecule has 0 aliphatic carbocycles. The zero-order valence-corrected chi connectivity index (χ0v) is 14.5. The molecule has 5 nitrogen and oxygen atoms in total. The second-order valence-corrected chi connectivity index (χ2v) is 6.31. The highest BCUT2D eigenvalue weighted by Gasteiger charge is 2.27. The van der Waals surface area contributed by atoms with Crippen LogP contribution in [0.1, 0.15) is 23.2 Å². The fraction of sp³-hybridized carbons (Fsp3) is 0.474. The SMILES string of the molecule is CO[C@@H]1CCOC[C@H]1NC(=O)Cc1c(C)nc2ccccc2c1C. The molecule has 2 atom stereocenters. The van der Waals surface area contributed by atoms with Gasteiger partial charge in [0.25, 0.3) is 0 Å². The minimum absolute atomic E-state index is 0.0135. The maximum atomic E-state index is 12.5. The van der Waals surface area contributed by atoms with E-state index >= 15 is 0 Å². The summed E-state index contributed by atoms with van der Waals surface area (Å²) in [5, 5.41) is 4.15. The molecule has 1 aromatic carbocycles. The summed E-state index contributed by atoms with van der Waals surface area (Å²) < 4.78 is 10.9. The molecule has 0 saturated carbocycles. The molecule has 128 valence electrons. The van der Waals surface area contributed by atoms with Crippen LogP contribution in [0.2, 0.25) is 0 Å². The van der Waals surface area contributed by atoms with Gasteiger partial charge in [0, 0.05) is 24.8 Å². The Morgan fingerprint density at radius 2 is 2.17 bits per heavy atom. The number of amides is 1. The second kappa shape index (κ2) is 7.28. The number of carbonyl (C=O) groups is 1. The number of aromatic nitrogens is 1. The van der Waals surface area contributed by atoms with E-state index in [0.717, 1.165) is 34.1 Å². The Bertz CT molecular complexity index is 745. The van der Waals surface area contributed by atoms with Gasteiger partial charge in [-0.25, -0.2) is 0 Å². The van der Waals surface area contributed by atoms with Gasteiger partial charge in [0.1, 0.15) is 0 Å². The van der Waals surface area contributed by atoms with Crippen LogP contribution in [0.3, 0.4) is 0 Å². The molecule has 0 radical (unpaired) electrons. The van der Waals surface area contributed by atoms with E-state index in [0.29, 0.717) is 19.6 Å². The monoisotopic (exact) mass is 328 g/mol. The fourth-order valence-electron chi connectivity index (χ4n) is 3.38. The first-order valence-electron chi connectivity index (χ1n) is 8.35. The molecule has 2 heterocycles. The predicted octanol–water partition coefficient (Wildman–Crippen LogP) is 2.31. The lowest BCUT2D eigenvalue weighted by atomic mass is 9.99. The van der Waals surface area contributed by atoms with E-state index in [4.69, 9.17) is 9.47 Å². The summed E-state index contributed by atoms with van der Waals surface area (Å²) in [5.41, 5.74) is 4.00. The van der Waals surface area contributed by atoms with Crippen molar-refractivity contribution in [3.05, 3.63) is 41.1 Å². The average molecular weight is 328 g/mol. The van der Waals surface area contributed by atoms with Crippen molar-refractivity contribution in [1.29, 1.82) is 0 Å². The van der Waals surface area contributed by atoms with Crippen LogP contribution in [0.5, 0.6) is 0 Å². The lowest BCUT2D eigenvalue weighted by Gasteiger charge is -2.31. The van der Waals surface area contributed by atoms with E-state index < -0.39 is 0 Å². The van der Waals surface area contributed by atoms with Crippen LogP contribution in [0, 0.1) is 13.8 Å². The van der Waals surface area contributed by atoms with Crippen molar-refractivity contribution in [2.45, 2.75) is 38.8 Å². The number of benzene rings is 1. The molecule has 0 unspecified atom stereocenters. The maximum Gasteiger partial charge on any atom is 0.224 e. The number of nitrogens with zero attached hydrogens (tertiary/aromatic N) is 1. The summed E-state index contributed by atoms with van der Waals surface area (Å²) in [6, 6.07) is 7.94. The van der Waals surface area contributed by atoms with Crippen LogP contribution in [-0.2, 0) is 20.7 Å². The van der Waals surface area contributed by atoms with Crippen molar-refractivity contribution < 1.29 is 14.3 Å². The zero-order valence-electron chi connectivity index (χ0n) is 14.5. The van der Waals surface area contributed by atoms with Crippen molar-refractivity contribution in [3.8, 4) is 0 Å². The van der Waals surface area contributed by atoms with Crippen LogP contribution in [-0.4, -0.2) is 43.4 Å². The van der Waals surface area contributed by atoms with Crippen molar-refractivity contribution in [2.24, 2.45) is 0 Å². The van der Waals surface area contributed by atoms with Crippen LogP contribution < -0.4 is 5.32 Å². The molecule has 1 aliphatic rings. The second-order valence-electron chi connectivity index (χ2n) is 6.31. The smallest absolute Gasteiger partial charge is 0.224 e. The van der Waals surface area contributed by atoms with Gasteiger partial charge in [-0.1, -0.05) is 18.2 Å². The van der Waals surface area contributed by atoms with Crippen LogP contribution in [0.4, 0.5) is 0 Å². The van der Waals surface area contributed by atoms with Crippen molar-refractivity contribution in [2.75, 3.05) is 20.3 Å². The minimum Gasteiger partial charge on any atom is -0.379 e. The van der Waals surface area contributed by atoms with Gasteiger partial charge in [-0.15, -0.1) is 0 Å². The molecule has 2 aromatic rings. The molecule has 1 aromatic heterocycles. The average Bonchev–Trinajstić information content (AvgIpc) is 2.59. The van der Waals surface area contributed by atoms with Crippen LogP contribution >= 0.6 is 0 Å². The first-order valence-corrected chi connectivity index (χ1v) is 8.35. The molecule has 3 rings (SSSR count). The molecule has 1 aliphatic heterocycles. The van der Waals surface area contributed by atoms with Gasteiger partial charge >= 0.3 is 0 Å². The maximum absolute atomic E-state index is 12.5. The van der Waals surface area contributed by atoms with Gasteiger partial charge in [0.05, 0.1) is 30.7 Å². The molecule has 1 N–H and O–H groups in total. The first kappa shape index (κ1) is 16.9. The van der Waals surface area contributed by atoms with Gasteiger partial charge in [0.15, 0.2) is 0 Å². The molecule has 1 saturated heterocycles. The summed E-state index contributed by atoms with van der Waals surface area (Å²) in [5.74, 6) is -0.0177. The number of hydrogen-bond donors (Lipinski definition) is 1. The van der Waals surface area contributed by atoms with Crippen molar-refractivity contribution in [3.63, 3.8) is 0 Å². The van der Waals surface area contributed by atoms with Crippen LogP contribution in [0.25, 0.3) is 10.9 Å². The highest BCUT2D eigenvalue weighted by Crippen LogP contribution is 2.23. The van der Waals surface area contributed by atoms with E-state index in [1.54, 1.807) is 7.11 Å². The zero-order chi connectivity index (χ0) is 17.1. The van der Waals surface area contributed by atoms with E-state index in [-0.39, 0.29) is 18.1 Å². The minimum atomic E-state index is -0.0923. The number of hydrogen-bond acceptors (Lipinski definition) is 4. The van der Waals surface area contributed by atoms with Crippen LogP contribution in [0.15, 0.2) is 24.3 Å². The van der Waals surface area contributed by atoms with Gasteiger partial charge in [-0.3, -0.25) is 9.78 Å². The number of methoxy groups -OCH3 is 1. The van der Waals surface area contributed by atoms with Gasteiger partial charge in [0.2, 0.25) is 5.91 Å². The topological polar surface area (TPSA) is 60.5 Å². The van der Waals surface area contributed by atoms with Gasteiger partial charge in [-0.2, -0.15) is 0 Å². The third-order valence-corrected chi connectivity index (χ3v) is 4.76. The largest absolute Gasteiger partial charge is 0.379 e. The molecular formula is C19H24N2O3. The molecule has 5 heteroatoms. The number of rotatable bonds is 4.